The zero-order valence-electron chi connectivity index (χ0n) is 18.1. The van der Waals surface area contributed by atoms with Crippen LogP contribution in [0.15, 0.2) is 64.6 Å². The van der Waals surface area contributed by atoms with Gasteiger partial charge in [0.2, 0.25) is 5.76 Å². The lowest BCUT2D eigenvalue weighted by atomic mass is 10.1. The second-order valence-electron chi connectivity index (χ2n) is 7.18. The number of methoxy groups -OCH3 is 1. The summed E-state index contributed by atoms with van der Waals surface area (Å²) in [5, 5.41) is 11.1. The monoisotopic (exact) mass is 496 g/mol. The highest BCUT2D eigenvalue weighted by atomic mass is 32.1. The molecule has 0 bridgehead atoms. The third-order valence-corrected chi connectivity index (χ3v) is 5.22. The number of furan rings is 1. The van der Waals surface area contributed by atoms with Crippen molar-refractivity contribution in [2.75, 3.05) is 12.0 Å². The number of halogens is 1. The number of thiocarbonyl (C=S) groups is 1. The average molecular weight is 496 g/mol. The van der Waals surface area contributed by atoms with E-state index in [0.29, 0.717) is 17.1 Å². The summed E-state index contributed by atoms with van der Waals surface area (Å²) in [6, 6.07) is 13.0. The van der Waals surface area contributed by atoms with Gasteiger partial charge in [0, 0.05) is 0 Å². The number of benzene rings is 2. The first-order valence-corrected chi connectivity index (χ1v) is 10.5. The van der Waals surface area contributed by atoms with Crippen LogP contribution in [0.3, 0.4) is 0 Å². The van der Waals surface area contributed by atoms with Gasteiger partial charge in [0.25, 0.3) is 11.8 Å². The van der Waals surface area contributed by atoms with Gasteiger partial charge in [-0.1, -0.05) is 18.2 Å². The van der Waals surface area contributed by atoms with Gasteiger partial charge in [-0.05, 0) is 60.3 Å². The van der Waals surface area contributed by atoms with Crippen LogP contribution in [0.4, 0.5) is 10.1 Å². The molecule has 3 aromatic rings. The Labute approximate surface area is 203 Å². The minimum Gasteiger partial charge on any atom is -0.493 e. The molecule has 0 unspecified atom stereocenters. The van der Waals surface area contributed by atoms with Crippen molar-refractivity contribution in [2.45, 2.75) is 6.61 Å². The fourth-order valence-corrected chi connectivity index (χ4v) is 3.56. The Bertz CT molecular complexity index is 1380. The van der Waals surface area contributed by atoms with Crippen molar-refractivity contribution in [3.63, 3.8) is 0 Å². The largest absolute Gasteiger partial charge is 0.493 e. The Morgan fingerprint density at radius 3 is 2.63 bits per heavy atom. The van der Waals surface area contributed by atoms with Crippen molar-refractivity contribution in [1.82, 2.24) is 5.32 Å². The van der Waals surface area contributed by atoms with E-state index in [0.717, 1.165) is 4.90 Å². The molecule has 2 N–H and O–H groups in total. The molecule has 35 heavy (non-hydrogen) atoms. The molecular formula is C24H17FN2O7S. The topological polar surface area (TPSA) is 118 Å². The molecule has 0 aliphatic carbocycles. The molecule has 0 spiro atoms. The summed E-state index contributed by atoms with van der Waals surface area (Å²) in [5.74, 6) is -2.68. The number of nitrogens with zero attached hydrogens (tertiary/aromatic N) is 1. The number of aromatic carboxylic acids is 1. The lowest BCUT2D eigenvalue weighted by molar-refractivity contribution is -0.122. The number of nitrogens with one attached hydrogen (secondary N) is 1. The first kappa shape index (κ1) is 23.6. The Kier molecular flexibility index (Phi) is 6.60. The summed E-state index contributed by atoms with van der Waals surface area (Å²) in [6.07, 6.45) is 1.32. The van der Waals surface area contributed by atoms with E-state index in [1.807, 2.05) is 0 Å². The van der Waals surface area contributed by atoms with Crippen molar-refractivity contribution >= 4 is 46.9 Å². The van der Waals surface area contributed by atoms with Gasteiger partial charge in [0.05, 0.1) is 12.8 Å². The second kappa shape index (κ2) is 9.77. The van der Waals surface area contributed by atoms with Crippen molar-refractivity contribution in [3.05, 3.63) is 83.1 Å². The van der Waals surface area contributed by atoms with Crippen LogP contribution in [-0.4, -0.2) is 35.1 Å². The maximum Gasteiger partial charge on any atom is 0.371 e. The van der Waals surface area contributed by atoms with Gasteiger partial charge in [-0.3, -0.25) is 14.9 Å². The maximum atomic E-state index is 14.3. The van der Waals surface area contributed by atoms with Gasteiger partial charge < -0.3 is 19.0 Å². The predicted molar refractivity (Wildman–Crippen MR) is 126 cm³/mol. The summed E-state index contributed by atoms with van der Waals surface area (Å²) in [5.41, 5.74) is 0.0910. The van der Waals surface area contributed by atoms with E-state index < -0.39 is 23.6 Å². The molecule has 0 saturated carbocycles. The number of carbonyl (C=O) groups is 3. The van der Waals surface area contributed by atoms with Crippen molar-refractivity contribution in [1.29, 1.82) is 0 Å². The number of hydrogen-bond acceptors (Lipinski definition) is 7. The summed E-state index contributed by atoms with van der Waals surface area (Å²) >= 11 is 5.08. The van der Waals surface area contributed by atoms with Gasteiger partial charge in [-0.15, -0.1) is 0 Å². The molecule has 1 aromatic heterocycles. The van der Waals surface area contributed by atoms with E-state index in [2.05, 4.69) is 5.32 Å². The zero-order chi connectivity index (χ0) is 25.1. The van der Waals surface area contributed by atoms with E-state index in [1.54, 1.807) is 18.2 Å². The van der Waals surface area contributed by atoms with Gasteiger partial charge in [-0.25, -0.2) is 14.1 Å². The van der Waals surface area contributed by atoms with E-state index in [9.17, 15) is 18.8 Å². The fourth-order valence-electron chi connectivity index (χ4n) is 3.29. The number of hydrogen-bond donors (Lipinski definition) is 2. The quantitative estimate of drug-likeness (QED) is 0.290. The summed E-state index contributed by atoms with van der Waals surface area (Å²) in [6.45, 7) is -0.0555. The van der Waals surface area contributed by atoms with Crippen LogP contribution < -0.4 is 19.7 Å². The number of carbonyl (C=O) groups excluding carboxylic acids is 2. The molecule has 2 aromatic carbocycles. The molecular weight excluding hydrogens is 479 g/mol. The van der Waals surface area contributed by atoms with Crippen LogP contribution in [0.2, 0.25) is 0 Å². The Balaban J connectivity index is 1.58. The SMILES string of the molecule is COc1cc(C=C2C(=O)NC(=S)N(c3ccccc3F)C2=O)ccc1OCc1ccc(C(=O)O)o1. The summed E-state index contributed by atoms with van der Waals surface area (Å²) in [4.78, 5) is 37.4. The molecule has 1 aliphatic rings. The second-order valence-corrected chi connectivity index (χ2v) is 7.57. The number of ether oxygens (including phenoxy) is 2. The maximum absolute atomic E-state index is 14.3. The zero-order valence-corrected chi connectivity index (χ0v) is 18.9. The fraction of sp³-hybridized carbons (Fsp3) is 0.0833. The standard InChI is InChI=1S/C24H17FN2O7S/c1-32-20-11-13(6-8-18(20)33-12-14-7-9-19(34-14)23(30)31)10-15-21(28)26-24(35)27(22(15)29)17-5-3-2-4-16(17)25/h2-11H,12H2,1H3,(H,30,31)(H,26,28,35). The molecule has 4 rings (SSSR count). The van der Waals surface area contributed by atoms with Gasteiger partial charge in [-0.2, -0.15) is 0 Å². The van der Waals surface area contributed by atoms with Gasteiger partial charge >= 0.3 is 5.97 Å². The number of anilines is 1. The molecule has 1 fully saturated rings. The van der Waals surface area contributed by atoms with Crippen LogP contribution in [0, 0.1) is 5.82 Å². The lowest BCUT2D eigenvalue weighted by Crippen LogP contribution is -2.54. The molecule has 0 atom stereocenters. The Morgan fingerprint density at radius 2 is 1.94 bits per heavy atom. The first-order valence-electron chi connectivity index (χ1n) is 10.1. The molecule has 2 amide bonds. The molecule has 11 heteroatoms. The van der Waals surface area contributed by atoms with E-state index in [-0.39, 0.29) is 34.5 Å². The van der Waals surface area contributed by atoms with Crippen LogP contribution in [0.5, 0.6) is 11.5 Å². The third kappa shape index (κ3) is 4.89. The minimum absolute atomic E-state index is 0.0555. The number of para-hydroxylation sites is 1. The van der Waals surface area contributed by atoms with Crippen molar-refractivity contribution < 1.29 is 37.8 Å². The number of carboxylic acids is 1. The van der Waals surface area contributed by atoms with E-state index in [4.69, 9.17) is 31.2 Å². The number of amides is 2. The Morgan fingerprint density at radius 1 is 1.17 bits per heavy atom. The summed E-state index contributed by atoms with van der Waals surface area (Å²) in [7, 11) is 1.41. The van der Waals surface area contributed by atoms with E-state index >= 15 is 0 Å². The molecule has 1 aliphatic heterocycles. The average Bonchev–Trinajstić information content (AvgIpc) is 3.31. The third-order valence-electron chi connectivity index (χ3n) is 4.94. The minimum atomic E-state index is -1.19. The van der Waals surface area contributed by atoms with Crippen molar-refractivity contribution in [3.8, 4) is 11.5 Å². The smallest absolute Gasteiger partial charge is 0.371 e. The first-order chi connectivity index (χ1) is 16.8. The molecule has 0 radical (unpaired) electrons. The van der Waals surface area contributed by atoms with Gasteiger partial charge in [0.15, 0.2) is 16.6 Å². The molecule has 9 nitrogen and oxygen atoms in total. The molecule has 178 valence electrons. The van der Waals surface area contributed by atoms with Crippen LogP contribution in [-0.2, 0) is 16.2 Å². The highest BCUT2D eigenvalue weighted by molar-refractivity contribution is 7.80. The molecule has 2 heterocycles. The number of rotatable bonds is 7. The Hall–Kier alpha value is -4.51. The number of carboxylic acid groups (broad SMARTS) is 1. The van der Waals surface area contributed by atoms with Crippen LogP contribution in [0.1, 0.15) is 21.9 Å². The van der Waals surface area contributed by atoms with Crippen LogP contribution in [0.25, 0.3) is 6.08 Å². The normalized spacial score (nSPS) is 14.7. The van der Waals surface area contributed by atoms with Crippen LogP contribution >= 0.6 is 12.2 Å². The highest BCUT2D eigenvalue weighted by Crippen LogP contribution is 2.31. The van der Waals surface area contributed by atoms with Crippen molar-refractivity contribution in [2.24, 2.45) is 0 Å². The lowest BCUT2D eigenvalue weighted by Gasteiger charge is -2.29. The summed E-state index contributed by atoms with van der Waals surface area (Å²) < 4.78 is 30.4. The van der Waals surface area contributed by atoms with Gasteiger partial charge in [0.1, 0.15) is 23.8 Å². The highest BCUT2D eigenvalue weighted by Gasteiger charge is 2.35. The molecule has 1 saturated heterocycles. The predicted octanol–water partition coefficient (Wildman–Crippen LogP) is 3.54. The van der Waals surface area contributed by atoms with E-state index in [1.165, 1.54) is 49.6 Å².